The third-order valence-corrected chi connectivity index (χ3v) is 2.88. The van der Waals surface area contributed by atoms with Gasteiger partial charge >= 0.3 is 0 Å². The molecule has 0 saturated carbocycles. The minimum atomic E-state index is 0.774. The van der Waals surface area contributed by atoms with Crippen LogP contribution in [0.5, 0.6) is 0 Å². The zero-order valence-electron chi connectivity index (χ0n) is 8.64. The van der Waals surface area contributed by atoms with E-state index in [1.165, 1.54) is 12.0 Å². The number of nitrogens with zero attached hydrogens (tertiary/aromatic N) is 4. The van der Waals surface area contributed by atoms with Crippen LogP contribution in [0, 0.1) is 0 Å². The molecule has 2 aromatic rings. The van der Waals surface area contributed by atoms with Gasteiger partial charge in [-0.1, -0.05) is 0 Å². The first-order valence-corrected chi connectivity index (χ1v) is 5.11. The number of hydrogen-bond acceptors (Lipinski definition) is 3. The molecule has 0 atom stereocenters. The zero-order valence-corrected chi connectivity index (χ0v) is 8.64. The van der Waals surface area contributed by atoms with E-state index in [2.05, 4.69) is 10.2 Å². The molecule has 1 aliphatic carbocycles. The van der Waals surface area contributed by atoms with Crippen molar-refractivity contribution in [1.82, 2.24) is 19.6 Å². The summed E-state index contributed by atoms with van der Waals surface area (Å²) in [7, 11) is 1.89. The summed E-state index contributed by atoms with van der Waals surface area (Å²) >= 11 is 0. The van der Waals surface area contributed by atoms with Crippen molar-refractivity contribution in [2.45, 2.75) is 19.3 Å². The minimum absolute atomic E-state index is 0.774. The second-order valence-electron chi connectivity index (χ2n) is 3.95. The Bertz CT molecular complexity index is 508. The Morgan fingerprint density at radius 1 is 1.40 bits per heavy atom. The molecule has 5 nitrogen and oxygen atoms in total. The standard InChI is InChI=1S/C10H13N5/c1-14-6-7(5-12-14)15-10(11)8-3-2-4-9(8)13-15/h5-6H,2-4,11H2,1H3. The summed E-state index contributed by atoms with van der Waals surface area (Å²) in [5.74, 6) is 0.774. The van der Waals surface area contributed by atoms with Crippen molar-refractivity contribution in [3.05, 3.63) is 23.7 Å². The van der Waals surface area contributed by atoms with Crippen LogP contribution in [-0.2, 0) is 19.9 Å². The van der Waals surface area contributed by atoms with Gasteiger partial charge in [0.15, 0.2) is 0 Å². The van der Waals surface area contributed by atoms with Crippen LogP contribution in [0.25, 0.3) is 5.69 Å². The van der Waals surface area contributed by atoms with E-state index in [9.17, 15) is 0 Å². The van der Waals surface area contributed by atoms with Crippen LogP contribution in [0.15, 0.2) is 12.4 Å². The average molecular weight is 203 g/mol. The summed E-state index contributed by atoms with van der Waals surface area (Å²) in [5, 5.41) is 8.63. The van der Waals surface area contributed by atoms with Crippen molar-refractivity contribution < 1.29 is 0 Å². The van der Waals surface area contributed by atoms with Gasteiger partial charge in [-0.05, 0) is 19.3 Å². The third kappa shape index (κ3) is 1.16. The molecule has 5 heteroatoms. The fourth-order valence-electron chi connectivity index (χ4n) is 2.13. The van der Waals surface area contributed by atoms with E-state index in [0.29, 0.717) is 0 Å². The van der Waals surface area contributed by atoms with E-state index >= 15 is 0 Å². The minimum Gasteiger partial charge on any atom is -0.383 e. The summed E-state index contributed by atoms with van der Waals surface area (Å²) in [5.41, 5.74) is 9.36. The highest BCUT2D eigenvalue weighted by Crippen LogP contribution is 2.28. The van der Waals surface area contributed by atoms with Crippen LogP contribution in [0.2, 0.25) is 0 Å². The zero-order chi connectivity index (χ0) is 10.4. The van der Waals surface area contributed by atoms with Crippen LogP contribution in [0.3, 0.4) is 0 Å². The molecular weight excluding hydrogens is 190 g/mol. The number of anilines is 1. The Hall–Kier alpha value is -1.78. The molecule has 0 fully saturated rings. The van der Waals surface area contributed by atoms with E-state index in [1.807, 2.05) is 13.2 Å². The number of nitrogen functional groups attached to an aromatic ring is 1. The molecule has 0 aliphatic heterocycles. The first-order chi connectivity index (χ1) is 7.25. The Morgan fingerprint density at radius 3 is 2.93 bits per heavy atom. The average Bonchev–Trinajstić information content (AvgIpc) is 2.84. The van der Waals surface area contributed by atoms with Gasteiger partial charge in [0, 0.05) is 12.6 Å². The van der Waals surface area contributed by atoms with Crippen LogP contribution in [-0.4, -0.2) is 19.6 Å². The molecule has 2 aromatic heterocycles. The van der Waals surface area contributed by atoms with E-state index in [1.54, 1.807) is 15.6 Å². The van der Waals surface area contributed by atoms with Crippen LogP contribution < -0.4 is 5.73 Å². The third-order valence-electron chi connectivity index (χ3n) is 2.88. The summed E-state index contributed by atoms with van der Waals surface area (Å²) in [6.45, 7) is 0. The van der Waals surface area contributed by atoms with Crippen molar-refractivity contribution in [3.8, 4) is 5.69 Å². The van der Waals surface area contributed by atoms with Gasteiger partial charge in [-0.2, -0.15) is 10.2 Å². The van der Waals surface area contributed by atoms with E-state index in [0.717, 1.165) is 30.0 Å². The molecule has 0 radical (unpaired) electrons. The van der Waals surface area contributed by atoms with Gasteiger partial charge in [0.25, 0.3) is 0 Å². The highest BCUT2D eigenvalue weighted by molar-refractivity contribution is 5.50. The van der Waals surface area contributed by atoms with Crippen LogP contribution >= 0.6 is 0 Å². The number of nitrogens with two attached hydrogens (primary N) is 1. The molecular formula is C10H13N5. The molecule has 3 rings (SSSR count). The number of fused-ring (bicyclic) bond motifs is 1. The Labute approximate surface area is 87.5 Å². The smallest absolute Gasteiger partial charge is 0.130 e. The number of hydrogen-bond donors (Lipinski definition) is 1. The molecule has 0 spiro atoms. The second kappa shape index (κ2) is 2.85. The largest absolute Gasteiger partial charge is 0.383 e. The van der Waals surface area contributed by atoms with Gasteiger partial charge in [0.1, 0.15) is 11.5 Å². The summed E-state index contributed by atoms with van der Waals surface area (Å²) in [6.07, 6.45) is 6.97. The molecule has 0 saturated heterocycles. The maximum absolute atomic E-state index is 6.06. The highest BCUT2D eigenvalue weighted by atomic mass is 15.4. The van der Waals surface area contributed by atoms with Gasteiger partial charge in [-0.25, -0.2) is 4.68 Å². The first kappa shape index (κ1) is 8.52. The molecule has 15 heavy (non-hydrogen) atoms. The van der Waals surface area contributed by atoms with E-state index < -0.39 is 0 Å². The predicted octanol–water partition coefficient (Wildman–Crippen LogP) is 0.677. The van der Waals surface area contributed by atoms with Gasteiger partial charge in [0.05, 0.1) is 18.1 Å². The SMILES string of the molecule is Cn1cc(-n2nc3c(c2N)CCC3)cn1. The molecule has 0 amide bonds. The van der Waals surface area contributed by atoms with Gasteiger partial charge in [-0.15, -0.1) is 0 Å². The van der Waals surface area contributed by atoms with Crippen LogP contribution in [0.1, 0.15) is 17.7 Å². The molecule has 78 valence electrons. The van der Waals surface area contributed by atoms with Crippen molar-refractivity contribution in [1.29, 1.82) is 0 Å². The molecule has 0 unspecified atom stereocenters. The highest BCUT2D eigenvalue weighted by Gasteiger charge is 2.21. The predicted molar refractivity (Wildman–Crippen MR) is 56.8 cm³/mol. The summed E-state index contributed by atoms with van der Waals surface area (Å²) < 4.78 is 3.54. The number of aromatic nitrogens is 4. The lowest BCUT2D eigenvalue weighted by molar-refractivity contribution is 0.765. The van der Waals surface area contributed by atoms with E-state index in [4.69, 9.17) is 5.73 Å². The molecule has 0 bridgehead atoms. The van der Waals surface area contributed by atoms with Crippen molar-refractivity contribution in [2.24, 2.45) is 7.05 Å². The number of rotatable bonds is 1. The molecule has 1 aliphatic rings. The second-order valence-corrected chi connectivity index (χ2v) is 3.95. The van der Waals surface area contributed by atoms with Crippen molar-refractivity contribution >= 4 is 5.82 Å². The maximum Gasteiger partial charge on any atom is 0.130 e. The van der Waals surface area contributed by atoms with Gasteiger partial charge in [0.2, 0.25) is 0 Å². The lowest BCUT2D eigenvalue weighted by Crippen LogP contribution is -2.02. The quantitative estimate of drug-likeness (QED) is 0.741. The topological polar surface area (TPSA) is 61.7 Å². The molecule has 2 heterocycles. The van der Waals surface area contributed by atoms with Gasteiger partial charge in [-0.3, -0.25) is 4.68 Å². The number of aryl methyl sites for hydroxylation is 2. The normalized spacial score (nSPS) is 14.5. The van der Waals surface area contributed by atoms with Gasteiger partial charge < -0.3 is 5.73 Å². The first-order valence-electron chi connectivity index (χ1n) is 5.11. The summed E-state index contributed by atoms with van der Waals surface area (Å²) in [4.78, 5) is 0. The van der Waals surface area contributed by atoms with Crippen molar-refractivity contribution in [3.63, 3.8) is 0 Å². The lowest BCUT2D eigenvalue weighted by Gasteiger charge is -2.00. The van der Waals surface area contributed by atoms with Crippen molar-refractivity contribution in [2.75, 3.05) is 5.73 Å². The fourth-order valence-corrected chi connectivity index (χ4v) is 2.13. The fraction of sp³-hybridized carbons (Fsp3) is 0.400. The lowest BCUT2D eigenvalue weighted by atomic mass is 10.2. The Morgan fingerprint density at radius 2 is 2.27 bits per heavy atom. The summed E-state index contributed by atoms with van der Waals surface area (Å²) in [6, 6.07) is 0. The molecule has 2 N–H and O–H groups in total. The maximum atomic E-state index is 6.06. The Balaban J connectivity index is 2.13. The van der Waals surface area contributed by atoms with Crippen LogP contribution in [0.4, 0.5) is 5.82 Å². The monoisotopic (exact) mass is 203 g/mol. The molecule has 0 aromatic carbocycles. The Kier molecular flexibility index (Phi) is 1.62. The van der Waals surface area contributed by atoms with E-state index in [-0.39, 0.29) is 0 Å².